The van der Waals surface area contributed by atoms with E-state index in [1.807, 2.05) is 0 Å². The van der Waals surface area contributed by atoms with Gasteiger partial charge >= 0.3 is 0 Å². The van der Waals surface area contributed by atoms with Gasteiger partial charge in [0.05, 0.1) is 35.2 Å². The van der Waals surface area contributed by atoms with Crippen LogP contribution in [-0.4, -0.2) is 63.1 Å². The lowest BCUT2D eigenvalue weighted by Crippen LogP contribution is -2.46. The van der Waals surface area contributed by atoms with Gasteiger partial charge in [-0.15, -0.1) is 0 Å². The Kier molecular flexibility index (Phi) is 6.64. The van der Waals surface area contributed by atoms with Crippen LogP contribution in [0.2, 0.25) is 5.02 Å². The first-order valence-corrected chi connectivity index (χ1v) is 10.6. The van der Waals surface area contributed by atoms with Crippen molar-refractivity contribution in [2.75, 3.05) is 33.5 Å². The van der Waals surface area contributed by atoms with E-state index in [1.54, 1.807) is 18.3 Å². The van der Waals surface area contributed by atoms with E-state index in [0.717, 1.165) is 4.31 Å². The van der Waals surface area contributed by atoms with E-state index < -0.39 is 22.1 Å². The van der Waals surface area contributed by atoms with E-state index in [0.29, 0.717) is 23.8 Å². The van der Waals surface area contributed by atoms with Crippen LogP contribution in [0.4, 0.5) is 0 Å². The molecule has 1 aliphatic rings. The minimum Gasteiger partial charge on any atom is -0.382 e. The van der Waals surface area contributed by atoms with Crippen molar-refractivity contribution in [3.8, 4) is 0 Å². The molecule has 2 atom stereocenters. The van der Waals surface area contributed by atoms with Crippen molar-refractivity contribution >= 4 is 38.2 Å². The van der Waals surface area contributed by atoms with Crippen molar-refractivity contribution in [2.24, 2.45) is 11.7 Å². The number of nitrogens with zero attached hydrogens (tertiary/aromatic N) is 2. The number of carbonyl (C=O) groups is 1. The molecule has 10 heteroatoms. The summed E-state index contributed by atoms with van der Waals surface area (Å²) in [6.07, 6.45) is 2.33. The van der Waals surface area contributed by atoms with Gasteiger partial charge in [0.15, 0.2) is 5.78 Å². The van der Waals surface area contributed by atoms with E-state index in [4.69, 9.17) is 26.8 Å². The summed E-state index contributed by atoms with van der Waals surface area (Å²) in [5, 5.41) is 1.24. The van der Waals surface area contributed by atoms with E-state index in [-0.39, 0.29) is 35.5 Å². The Balaban J connectivity index is 1.83. The molecule has 0 aliphatic carbocycles. The Labute approximate surface area is 168 Å². The van der Waals surface area contributed by atoms with Gasteiger partial charge in [0, 0.05) is 36.8 Å². The summed E-state index contributed by atoms with van der Waals surface area (Å²) in [5.41, 5.74) is 6.16. The van der Waals surface area contributed by atoms with Crippen LogP contribution >= 0.6 is 11.6 Å². The van der Waals surface area contributed by atoms with Crippen molar-refractivity contribution < 1.29 is 22.7 Å². The summed E-state index contributed by atoms with van der Waals surface area (Å²) in [4.78, 5) is 16.4. The zero-order valence-electron chi connectivity index (χ0n) is 15.4. The first kappa shape index (κ1) is 21.1. The standard InChI is InChI=1S/C18H22ClN3O5S/c1-26-7-8-27-11-15(23)13-5-6-22(18(13)20)28(24,25)16-4-2-3-12-9-21-10-14(19)17(12)16/h2-4,9-10,13,18H,5-8,11,20H2,1H3/t13?,18-/m1/s1. The number of rotatable bonds is 8. The highest BCUT2D eigenvalue weighted by Crippen LogP contribution is 2.34. The summed E-state index contributed by atoms with van der Waals surface area (Å²) < 4.78 is 37.9. The molecule has 1 fully saturated rings. The first-order valence-electron chi connectivity index (χ1n) is 8.77. The highest BCUT2D eigenvalue weighted by Gasteiger charge is 2.43. The molecule has 0 radical (unpaired) electrons. The van der Waals surface area contributed by atoms with Gasteiger partial charge in [-0.1, -0.05) is 23.7 Å². The molecule has 0 amide bonds. The van der Waals surface area contributed by atoms with Crippen LogP contribution in [0.15, 0.2) is 35.5 Å². The molecule has 28 heavy (non-hydrogen) atoms. The number of nitrogens with two attached hydrogens (primary N) is 1. The normalized spacial score (nSPS) is 20.7. The number of hydrogen-bond donors (Lipinski definition) is 1. The molecule has 2 N–H and O–H groups in total. The molecule has 1 aromatic carbocycles. The van der Waals surface area contributed by atoms with Crippen LogP contribution in [-0.2, 0) is 24.3 Å². The second kappa shape index (κ2) is 8.81. The largest absolute Gasteiger partial charge is 0.382 e. The Morgan fingerprint density at radius 2 is 2.14 bits per heavy atom. The fourth-order valence-electron chi connectivity index (χ4n) is 3.34. The molecule has 0 bridgehead atoms. The van der Waals surface area contributed by atoms with Crippen LogP contribution in [0.5, 0.6) is 0 Å². The number of hydrogen-bond acceptors (Lipinski definition) is 7. The predicted molar refractivity (Wildman–Crippen MR) is 104 cm³/mol. The first-order chi connectivity index (χ1) is 13.4. The number of fused-ring (bicyclic) bond motifs is 1. The number of Topliss-reactive ketones (excluding diaryl/α,β-unsaturated/α-hetero) is 1. The number of halogens is 1. The van der Waals surface area contributed by atoms with Crippen molar-refractivity contribution in [2.45, 2.75) is 17.5 Å². The third-order valence-electron chi connectivity index (χ3n) is 4.78. The zero-order valence-corrected chi connectivity index (χ0v) is 16.9. The second-order valence-electron chi connectivity index (χ2n) is 6.49. The number of aromatic nitrogens is 1. The maximum absolute atomic E-state index is 13.3. The van der Waals surface area contributed by atoms with Gasteiger partial charge in [-0.25, -0.2) is 8.42 Å². The van der Waals surface area contributed by atoms with Crippen molar-refractivity contribution in [1.82, 2.24) is 9.29 Å². The summed E-state index contributed by atoms with van der Waals surface area (Å²) in [6.45, 7) is 0.689. The maximum Gasteiger partial charge on any atom is 0.245 e. The molecule has 1 unspecified atom stereocenters. The van der Waals surface area contributed by atoms with Crippen LogP contribution in [0.1, 0.15) is 6.42 Å². The molecule has 2 heterocycles. The number of benzene rings is 1. The van der Waals surface area contributed by atoms with E-state index in [2.05, 4.69) is 4.98 Å². The molecule has 1 saturated heterocycles. The molecule has 3 rings (SSSR count). The van der Waals surface area contributed by atoms with Crippen LogP contribution in [0.3, 0.4) is 0 Å². The summed E-state index contributed by atoms with van der Waals surface area (Å²) in [6, 6.07) is 4.85. The lowest BCUT2D eigenvalue weighted by molar-refractivity contribution is -0.128. The van der Waals surface area contributed by atoms with Crippen LogP contribution in [0, 0.1) is 5.92 Å². The van der Waals surface area contributed by atoms with E-state index >= 15 is 0 Å². The molecule has 2 aromatic rings. The smallest absolute Gasteiger partial charge is 0.245 e. The van der Waals surface area contributed by atoms with Gasteiger partial charge in [-0.3, -0.25) is 9.78 Å². The molecule has 1 aromatic heterocycles. The highest BCUT2D eigenvalue weighted by atomic mass is 35.5. The van der Waals surface area contributed by atoms with E-state index in [1.165, 1.54) is 19.4 Å². The van der Waals surface area contributed by atoms with Crippen molar-refractivity contribution in [3.05, 3.63) is 35.6 Å². The van der Waals surface area contributed by atoms with Gasteiger partial charge in [-0.05, 0) is 12.5 Å². The Hall–Kier alpha value is -1.62. The number of ether oxygens (including phenoxy) is 2. The quantitative estimate of drug-likeness (QED) is 0.634. The molecule has 0 saturated carbocycles. The molecular formula is C18H22ClN3O5S. The van der Waals surface area contributed by atoms with E-state index in [9.17, 15) is 13.2 Å². The molecule has 1 aliphatic heterocycles. The van der Waals surface area contributed by atoms with Gasteiger partial charge in [0.2, 0.25) is 10.0 Å². The predicted octanol–water partition coefficient (Wildman–Crippen LogP) is 1.42. The fourth-order valence-corrected chi connectivity index (χ4v) is 5.47. The molecule has 0 spiro atoms. The average Bonchev–Trinajstić information content (AvgIpc) is 3.07. The van der Waals surface area contributed by atoms with Crippen molar-refractivity contribution in [1.29, 1.82) is 0 Å². The van der Waals surface area contributed by atoms with Gasteiger partial charge in [0.1, 0.15) is 6.61 Å². The van der Waals surface area contributed by atoms with Gasteiger partial charge in [0.25, 0.3) is 0 Å². The number of methoxy groups -OCH3 is 1. The summed E-state index contributed by atoms with van der Waals surface area (Å²) in [7, 11) is -2.41. The van der Waals surface area contributed by atoms with Crippen LogP contribution in [0.25, 0.3) is 10.8 Å². The fraction of sp³-hybridized carbons (Fsp3) is 0.444. The summed E-state index contributed by atoms with van der Waals surface area (Å²) >= 11 is 6.22. The molecule has 8 nitrogen and oxygen atoms in total. The lowest BCUT2D eigenvalue weighted by Gasteiger charge is -2.24. The Bertz CT molecular complexity index is 964. The number of carbonyl (C=O) groups excluding carboxylic acids is 1. The number of pyridine rings is 1. The summed E-state index contributed by atoms with van der Waals surface area (Å²) in [5.74, 6) is -0.842. The van der Waals surface area contributed by atoms with Crippen molar-refractivity contribution in [3.63, 3.8) is 0 Å². The maximum atomic E-state index is 13.3. The molecule has 152 valence electrons. The average molecular weight is 428 g/mol. The topological polar surface area (TPSA) is 112 Å². The highest BCUT2D eigenvalue weighted by molar-refractivity contribution is 7.89. The number of ketones is 1. The Morgan fingerprint density at radius 3 is 2.89 bits per heavy atom. The Morgan fingerprint density at radius 1 is 1.36 bits per heavy atom. The van der Waals surface area contributed by atoms with Gasteiger partial charge in [-0.2, -0.15) is 4.31 Å². The zero-order chi connectivity index (χ0) is 20.3. The van der Waals surface area contributed by atoms with Crippen LogP contribution < -0.4 is 5.73 Å². The third-order valence-corrected chi connectivity index (χ3v) is 7.01. The minimum absolute atomic E-state index is 0.0530. The van der Waals surface area contributed by atoms with Gasteiger partial charge < -0.3 is 15.2 Å². The SMILES string of the molecule is COCCOCC(=O)C1CCN(S(=O)(=O)c2cccc3cncc(Cl)c23)[C@H]1N. The number of sulfonamides is 1. The monoisotopic (exact) mass is 427 g/mol. The third kappa shape index (κ3) is 4.05. The minimum atomic E-state index is -3.95. The molecular weight excluding hydrogens is 406 g/mol. The second-order valence-corrected chi connectivity index (χ2v) is 8.75. The lowest BCUT2D eigenvalue weighted by atomic mass is 10.0.